The second kappa shape index (κ2) is 9.45. The van der Waals surface area contributed by atoms with E-state index in [-0.39, 0.29) is 0 Å². The van der Waals surface area contributed by atoms with Gasteiger partial charge in [-0.25, -0.2) is 0 Å². The highest BCUT2D eigenvalue weighted by Gasteiger charge is 1.93. The van der Waals surface area contributed by atoms with Gasteiger partial charge in [0.2, 0.25) is 0 Å². The molecule has 89 valence electrons. The van der Waals surface area contributed by atoms with Crippen LogP contribution in [-0.2, 0) is 6.42 Å². The summed E-state index contributed by atoms with van der Waals surface area (Å²) in [6.45, 7) is 2.26. The van der Waals surface area contributed by atoms with E-state index in [0.29, 0.717) is 0 Å². The molecule has 0 aliphatic carbocycles. The highest BCUT2D eigenvalue weighted by molar-refractivity contribution is 5.14. The molecule has 0 amide bonds. The van der Waals surface area contributed by atoms with Gasteiger partial charge in [0.25, 0.3) is 0 Å². The molecule has 0 aromatic heterocycles. The predicted octanol–water partition coefficient (Wildman–Crippen LogP) is 5.18. The average Bonchev–Trinajstić information content (AvgIpc) is 2.34. The van der Waals surface area contributed by atoms with Crippen molar-refractivity contribution in [3.63, 3.8) is 0 Å². The molecule has 0 aliphatic heterocycles. The van der Waals surface area contributed by atoms with Gasteiger partial charge >= 0.3 is 0 Å². The van der Waals surface area contributed by atoms with E-state index in [1.54, 1.807) is 0 Å². The summed E-state index contributed by atoms with van der Waals surface area (Å²) in [5.41, 5.74) is 1.48. The molecule has 1 aromatic carbocycles. The van der Waals surface area contributed by atoms with Crippen molar-refractivity contribution in [1.82, 2.24) is 0 Å². The van der Waals surface area contributed by atoms with Gasteiger partial charge in [-0.15, -0.1) is 0 Å². The quantitative estimate of drug-likeness (QED) is 0.500. The third kappa shape index (κ3) is 6.66. The van der Waals surface area contributed by atoms with Gasteiger partial charge in [0.15, 0.2) is 0 Å². The zero-order valence-corrected chi connectivity index (χ0v) is 10.6. The average molecular weight is 217 g/mol. The van der Waals surface area contributed by atoms with Crippen molar-refractivity contribution in [1.29, 1.82) is 0 Å². The van der Waals surface area contributed by atoms with Crippen LogP contribution in [0.2, 0.25) is 0 Å². The fraction of sp³-hybridized carbons (Fsp3) is 0.562. The fourth-order valence-corrected chi connectivity index (χ4v) is 1.93. The van der Waals surface area contributed by atoms with E-state index in [1.807, 2.05) is 0 Å². The first-order valence-corrected chi connectivity index (χ1v) is 6.79. The van der Waals surface area contributed by atoms with Crippen LogP contribution in [0, 0.1) is 6.42 Å². The van der Waals surface area contributed by atoms with Crippen LogP contribution in [0.4, 0.5) is 0 Å². The minimum absolute atomic E-state index is 1.25. The summed E-state index contributed by atoms with van der Waals surface area (Å²) in [5.74, 6) is 0. The Morgan fingerprint density at radius 2 is 1.62 bits per heavy atom. The molecule has 1 rings (SSSR count). The monoisotopic (exact) mass is 217 g/mol. The number of hydrogen-bond acceptors (Lipinski definition) is 0. The molecule has 0 saturated heterocycles. The smallest absolute Gasteiger partial charge is 0.0279 e. The Balaban J connectivity index is 1.89. The third-order valence-electron chi connectivity index (χ3n) is 2.98. The molecular weight excluding hydrogens is 192 g/mol. The molecule has 0 spiro atoms. The molecular formula is C16H25. The van der Waals surface area contributed by atoms with Gasteiger partial charge < -0.3 is 0 Å². The molecule has 0 unspecified atom stereocenters. The van der Waals surface area contributed by atoms with E-state index in [2.05, 4.69) is 43.7 Å². The number of unbranched alkanes of at least 4 members (excludes halogenated alkanes) is 7. The third-order valence-corrected chi connectivity index (χ3v) is 2.98. The van der Waals surface area contributed by atoms with Crippen LogP contribution in [0.25, 0.3) is 0 Å². The molecule has 0 heteroatoms. The van der Waals surface area contributed by atoms with Crippen molar-refractivity contribution in [2.24, 2.45) is 0 Å². The molecule has 0 aliphatic rings. The summed E-state index contributed by atoms with van der Waals surface area (Å²) in [7, 11) is 0. The van der Waals surface area contributed by atoms with Gasteiger partial charge in [-0.05, 0) is 24.8 Å². The van der Waals surface area contributed by atoms with Crippen LogP contribution in [0.1, 0.15) is 57.4 Å². The number of hydrogen-bond donors (Lipinski definition) is 0. The van der Waals surface area contributed by atoms with E-state index in [9.17, 15) is 0 Å². The highest BCUT2D eigenvalue weighted by atomic mass is 14.0. The lowest BCUT2D eigenvalue weighted by Crippen LogP contribution is -1.86. The Morgan fingerprint density at radius 1 is 0.875 bits per heavy atom. The van der Waals surface area contributed by atoms with Crippen molar-refractivity contribution in [2.45, 2.75) is 58.3 Å². The van der Waals surface area contributed by atoms with Crippen LogP contribution in [-0.4, -0.2) is 0 Å². The summed E-state index contributed by atoms with van der Waals surface area (Å²) in [4.78, 5) is 0. The lowest BCUT2D eigenvalue weighted by molar-refractivity contribution is 0.650. The van der Waals surface area contributed by atoms with Crippen molar-refractivity contribution in [3.05, 3.63) is 42.3 Å². The molecule has 0 N–H and O–H groups in total. The first kappa shape index (κ1) is 13.3. The van der Waals surface area contributed by atoms with Gasteiger partial charge in [-0.1, -0.05) is 75.8 Å². The maximum absolute atomic E-state index is 2.46. The van der Waals surface area contributed by atoms with Crippen LogP contribution >= 0.6 is 0 Å². The van der Waals surface area contributed by atoms with Crippen molar-refractivity contribution >= 4 is 0 Å². The summed E-state index contributed by atoms with van der Waals surface area (Å²) in [5, 5.41) is 0. The molecule has 0 fully saturated rings. The van der Waals surface area contributed by atoms with Gasteiger partial charge in [0, 0.05) is 0 Å². The first-order chi connectivity index (χ1) is 7.93. The lowest BCUT2D eigenvalue weighted by Gasteiger charge is -2.02. The minimum atomic E-state index is 1.25. The van der Waals surface area contributed by atoms with E-state index >= 15 is 0 Å². The number of aryl methyl sites for hydroxylation is 1. The highest BCUT2D eigenvalue weighted by Crippen LogP contribution is 2.10. The summed E-state index contributed by atoms with van der Waals surface area (Å²) in [6, 6.07) is 10.8. The zero-order valence-electron chi connectivity index (χ0n) is 10.6. The van der Waals surface area contributed by atoms with Crippen molar-refractivity contribution < 1.29 is 0 Å². The van der Waals surface area contributed by atoms with Crippen molar-refractivity contribution in [2.75, 3.05) is 0 Å². The molecule has 0 bridgehead atoms. The SMILES string of the molecule is CCCC[CH]CCCCCc1ccccc1. The largest absolute Gasteiger partial charge is 0.0654 e. The zero-order chi connectivity index (χ0) is 11.5. The minimum Gasteiger partial charge on any atom is -0.0654 e. The Kier molecular flexibility index (Phi) is 7.84. The topological polar surface area (TPSA) is 0 Å². The Morgan fingerprint density at radius 3 is 2.38 bits per heavy atom. The van der Waals surface area contributed by atoms with Crippen LogP contribution in [0.15, 0.2) is 30.3 Å². The molecule has 0 nitrogen and oxygen atoms in total. The van der Waals surface area contributed by atoms with Gasteiger partial charge in [-0.3, -0.25) is 0 Å². The predicted molar refractivity (Wildman–Crippen MR) is 72.4 cm³/mol. The molecule has 0 heterocycles. The second-order valence-corrected chi connectivity index (χ2v) is 4.52. The van der Waals surface area contributed by atoms with E-state index in [1.165, 1.54) is 56.9 Å². The summed E-state index contributed by atoms with van der Waals surface area (Å²) < 4.78 is 0. The molecule has 0 saturated carbocycles. The van der Waals surface area contributed by atoms with Crippen LogP contribution in [0.5, 0.6) is 0 Å². The van der Waals surface area contributed by atoms with Crippen LogP contribution in [0.3, 0.4) is 0 Å². The molecule has 0 atom stereocenters. The van der Waals surface area contributed by atoms with E-state index < -0.39 is 0 Å². The Hall–Kier alpha value is -0.780. The second-order valence-electron chi connectivity index (χ2n) is 4.52. The normalized spacial score (nSPS) is 10.6. The van der Waals surface area contributed by atoms with Gasteiger partial charge in [0.1, 0.15) is 0 Å². The fourth-order valence-electron chi connectivity index (χ4n) is 1.93. The van der Waals surface area contributed by atoms with E-state index in [4.69, 9.17) is 0 Å². The number of benzene rings is 1. The summed E-state index contributed by atoms with van der Waals surface area (Å²) in [6.07, 6.45) is 13.1. The standard InChI is InChI=1S/C16H25/c1-2-3-4-5-6-7-8-10-13-16-14-11-9-12-15-16/h5,9,11-12,14-15H,2-4,6-8,10,13H2,1H3. The molecule has 1 aromatic rings. The lowest BCUT2D eigenvalue weighted by atomic mass is 10.0. The number of rotatable bonds is 9. The van der Waals surface area contributed by atoms with Gasteiger partial charge in [0.05, 0.1) is 0 Å². The Bertz CT molecular complexity index is 237. The van der Waals surface area contributed by atoms with Gasteiger partial charge in [-0.2, -0.15) is 0 Å². The van der Waals surface area contributed by atoms with E-state index in [0.717, 1.165) is 0 Å². The summed E-state index contributed by atoms with van der Waals surface area (Å²) >= 11 is 0. The first-order valence-electron chi connectivity index (χ1n) is 6.79. The van der Waals surface area contributed by atoms with Crippen molar-refractivity contribution in [3.8, 4) is 0 Å². The maximum Gasteiger partial charge on any atom is -0.0279 e. The molecule has 16 heavy (non-hydrogen) atoms. The molecule has 1 radical (unpaired) electrons. The van der Waals surface area contributed by atoms with Crippen LogP contribution < -0.4 is 0 Å². The Labute approximate surface area is 101 Å². The maximum atomic E-state index is 2.46.